The fourth-order valence-electron chi connectivity index (χ4n) is 2.63. The number of aryl methyl sites for hydroxylation is 2. The number of halogens is 1. The maximum atomic E-state index is 4.19. The van der Waals surface area contributed by atoms with Crippen molar-refractivity contribution in [3.63, 3.8) is 0 Å². The summed E-state index contributed by atoms with van der Waals surface area (Å²) in [6.45, 7) is 2.10. The fraction of sp³-hybridized carbons (Fsp3) is 0.111. The minimum Gasteiger partial charge on any atom is -0.317 e. The molecule has 0 saturated carbocycles. The third kappa shape index (κ3) is 2.76. The van der Waals surface area contributed by atoms with Gasteiger partial charge in [-0.05, 0) is 65.1 Å². The van der Waals surface area contributed by atoms with Crippen LogP contribution in [0.3, 0.4) is 0 Å². The quantitative estimate of drug-likeness (QED) is 0.483. The summed E-state index contributed by atoms with van der Waals surface area (Å²) < 4.78 is 5.18. The Bertz CT molecular complexity index is 1020. The SMILES string of the molecule is Cc1ccc(Sn2cc(Br)c3cc(-c4nncn4C)ccc32)cc1. The van der Waals surface area contributed by atoms with Crippen molar-refractivity contribution in [3.8, 4) is 11.4 Å². The number of rotatable bonds is 3. The lowest BCUT2D eigenvalue weighted by molar-refractivity contribution is 0.920. The smallest absolute Gasteiger partial charge is 0.163 e. The Morgan fingerprint density at radius 1 is 1.08 bits per heavy atom. The largest absolute Gasteiger partial charge is 0.317 e. The van der Waals surface area contributed by atoms with Crippen LogP contribution in [0.1, 0.15) is 5.56 Å². The molecule has 0 saturated heterocycles. The lowest BCUT2D eigenvalue weighted by Gasteiger charge is -2.06. The van der Waals surface area contributed by atoms with Crippen LogP contribution in [0.4, 0.5) is 0 Å². The van der Waals surface area contributed by atoms with E-state index in [0.717, 1.165) is 21.2 Å². The van der Waals surface area contributed by atoms with Crippen molar-refractivity contribution in [2.24, 2.45) is 7.05 Å². The van der Waals surface area contributed by atoms with Crippen LogP contribution in [0.15, 0.2) is 64.4 Å². The molecule has 0 aliphatic carbocycles. The van der Waals surface area contributed by atoms with E-state index < -0.39 is 0 Å². The molecule has 120 valence electrons. The topological polar surface area (TPSA) is 35.6 Å². The van der Waals surface area contributed by atoms with Gasteiger partial charge in [0.05, 0.1) is 5.52 Å². The van der Waals surface area contributed by atoms with E-state index >= 15 is 0 Å². The molecule has 4 aromatic rings. The van der Waals surface area contributed by atoms with Gasteiger partial charge in [0.15, 0.2) is 5.82 Å². The van der Waals surface area contributed by atoms with Crippen LogP contribution in [0.25, 0.3) is 22.3 Å². The van der Waals surface area contributed by atoms with Gasteiger partial charge in [-0.15, -0.1) is 10.2 Å². The molecule has 0 spiro atoms. The average molecular weight is 399 g/mol. The maximum Gasteiger partial charge on any atom is 0.163 e. The molecule has 6 heteroatoms. The van der Waals surface area contributed by atoms with Gasteiger partial charge in [-0.3, -0.25) is 3.97 Å². The van der Waals surface area contributed by atoms with E-state index in [1.807, 2.05) is 11.6 Å². The van der Waals surface area contributed by atoms with Crippen molar-refractivity contribution in [1.29, 1.82) is 0 Å². The summed E-state index contributed by atoms with van der Waals surface area (Å²) >= 11 is 5.39. The normalized spacial score (nSPS) is 11.3. The van der Waals surface area contributed by atoms with Gasteiger partial charge in [-0.1, -0.05) is 17.7 Å². The van der Waals surface area contributed by atoms with Crippen LogP contribution in [0.2, 0.25) is 0 Å². The van der Waals surface area contributed by atoms with Gasteiger partial charge in [0.25, 0.3) is 0 Å². The van der Waals surface area contributed by atoms with Crippen LogP contribution < -0.4 is 0 Å². The lowest BCUT2D eigenvalue weighted by Crippen LogP contribution is -1.91. The highest BCUT2D eigenvalue weighted by Gasteiger charge is 2.11. The molecule has 0 amide bonds. The van der Waals surface area contributed by atoms with Gasteiger partial charge in [0.2, 0.25) is 0 Å². The van der Waals surface area contributed by atoms with Gasteiger partial charge in [-0.2, -0.15) is 0 Å². The van der Waals surface area contributed by atoms with Gasteiger partial charge in [0, 0.05) is 33.6 Å². The number of hydrogen-bond acceptors (Lipinski definition) is 3. The summed E-state index contributed by atoms with van der Waals surface area (Å²) in [5, 5.41) is 9.31. The molecule has 0 aliphatic heterocycles. The Balaban J connectivity index is 1.76. The first-order valence-corrected chi connectivity index (χ1v) is 9.08. The second kappa shape index (κ2) is 6.11. The van der Waals surface area contributed by atoms with E-state index in [0.29, 0.717) is 0 Å². The molecule has 0 aliphatic rings. The van der Waals surface area contributed by atoms with Crippen molar-refractivity contribution in [3.05, 3.63) is 65.0 Å². The molecule has 4 nitrogen and oxygen atoms in total. The molecule has 2 heterocycles. The third-order valence-electron chi connectivity index (χ3n) is 3.92. The van der Waals surface area contributed by atoms with Crippen molar-refractivity contribution in [1.82, 2.24) is 18.7 Å². The van der Waals surface area contributed by atoms with Crippen molar-refractivity contribution >= 4 is 38.8 Å². The van der Waals surface area contributed by atoms with Crippen molar-refractivity contribution in [2.45, 2.75) is 11.8 Å². The molecule has 0 radical (unpaired) electrons. The highest BCUT2D eigenvalue weighted by molar-refractivity contribution is 9.10. The summed E-state index contributed by atoms with van der Waals surface area (Å²) in [6.07, 6.45) is 3.82. The van der Waals surface area contributed by atoms with E-state index in [1.54, 1.807) is 18.3 Å². The van der Waals surface area contributed by atoms with Crippen LogP contribution in [-0.4, -0.2) is 18.7 Å². The van der Waals surface area contributed by atoms with Gasteiger partial charge < -0.3 is 4.57 Å². The first kappa shape index (κ1) is 15.5. The number of nitrogens with zero attached hydrogens (tertiary/aromatic N) is 4. The Morgan fingerprint density at radius 2 is 1.88 bits per heavy atom. The van der Waals surface area contributed by atoms with Crippen molar-refractivity contribution < 1.29 is 0 Å². The number of fused-ring (bicyclic) bond motifs is 1. The molecule has 0 N–H and O–H groups in total. The van der Waals surface area contributed by atoms with Crippen LogP contribution in [0, 0.1) is 6.92 Å². The van der Waals surface area contributed by atoms with Gasteiger partial charge >= 0.3 is 0 Å². The predicted octanol–water partition coefficient (Wildman–Crippen LogP) is 5.06. The second-order valence-electron chi connectivity index (χ2n) is 5.70. The molecule has 0 fully saturated rings. The highest BCUT2D eigenvalue weighted by Crippen LogP contribution is 2.34. The Hall–Kier alpha value is -2.05. The third-order valence-corrected chi connectivity index (χ3v) is 5.53. The predicted molar refractivity (Wildman–Crippen MR) is 102 cm³/mol. The molecule has 0 unspecified atom stereocenters. The first-order chi connectivity index (χ1) is 11.6. The minimum absolute atomic E-state index is 0.864. The molecular formula is C18H15BrN4S. The molecule has 0 bridgehead atoms. The lowest BCUT2D eigenvalue weighted by atomic mass is 10.1. The summed E-state index contributed by atoms with van der Waals surface area (Å²) in [4.78, 5) is 1.21. The average Bonchev–Trinajstić information content (AvgIpc) is 3.13. The van der Waals surface area contributed by atoms with E-state index in [4.69, 9.17) is 0 Å². The molecule has 2 aromatic carbocycles. The molecular weight excluding hydrogens is 384 g/mol. The summed E-state index contributed by atoms with van der Waals surface area (Å²) in [5.74, 6) is 0.864. The Kier molecular flexibility index (Phi) is 3.94. The van der Waals surface area contributed by atoms with Crippen molar-refractivity contribution in [2.75, 3.05) is 0 Å². The van der Waals surface area contributed by atoms with Gasteiger partial charge in [-0.25, -0.2) is 0 Å². The standard InChI is InChI=1S/C18H15BrN4S/c1-12-3-6-14(7-4-12)24-23-10-16(19)15-9-13(5-8-17(15)23)18-21-20-11-22(18)2/h3-11H,1-2H3. The highest BCUT2D eigenvalue weighted by atomic mass is 79.9. The molecule has 0 atom stereocenters. The number of benzene rings is 2. The Labute approximate surface area is 152 Å². The second-order valence-corrected chi connectivity index (χ2v) is 7.61. The maximum absolute atomic E-state index is 4.19. The monoisotopic (exact) mass is 398 g/mol. The minimum atomic E-state index is 0.864. The zero-order valence-corrected chi connectivity index (χ0v) is 15.7. The van der Waals surface area contributed by atoms with E-state index in [9.17, 15) is 0 Å². The fourth-order valence-corrected chi connectivity index (χ4v) is 4.19. The number of aromatic nitrogens is 4. The number of hydrogen-bond donors (Lipinski definition) is 0. The van der Waals surface area contributed by atoms with Crippen LogP contribution in [0.5, 0.6) is 0 Å². The van der Waals surface area contributed by atoms with Gasteiger partial charge in [0.1, 0.15) is 6.33 Å². The van der Waals surface area contributed by atoms with Crippen LogP contribution >= 0.6 is 27.9 Å². The summed E-state index contributed by atoms with van der Waals surface area (Å²) in [6, 6.07) is 14.9. The molecule has 24 heavy (non-hydrogen) atoms. The molecule has 4 rings (SSSR count). The Morgan fingerprint density at radius 3 is 2.58 bits per heavy atom. The summed E-state index contributed by atoms with van der Waals surface area (Å²) in [5.41, 5.74) is 3.49. The van der Waals surface area contributed by atoms with E-state index in [1.165, 1.54) is 16.0 Å². The summed E-state index contributed by atoms with van der Waals surface area (Å²) in [7, 11) is 1.95. The molecule has 2 aromatic heterocycles. The van der Waals surface area contributed by atoms with E-state index in [-0.39, 0.29) is 0 Å². The zero-order chi connectivity index (χ0) is 16.7. The zero-order valence-electron chi connectivity index (χ0n) is 13.3. The van der Waals surface area contributed by atoms with E-state index in [2.05, 4.69) is 85.7 Å². The van der Waals surface area contributed by atoms with Crippen LogP contribution in [-0.2, 0) is 7.05 Å². The first-order valence-electron chi connectivity index (χ1n) is 7.52.